The molecular weight excluding hydrogens is 387 g/mol. The van der Waals surface area contributed by atoms with Crippen molar-refractivity contribution in [1.82, 2.24) is 10.2 Å². The molecule has 0 bridgehead atoms. The molecule has 2 heterocycles. The summed E-state index contributed by atoms with van der Waals surface area (Å²) >= 11 is 0. The van der Waals surface area contributed by atoms with E-state index < -0.39 is 17.7 Å². The maximum Gasteiger partial charge on any atom is 0.416 e. The summed E-state index contributed by atoms with van der Waals surface area (Å²) in [6, 6.07) is 10.0. The topological polar surface area (TPSA) is 74.2 Å². The summed E-state index contributed by atoms with van der Waals surface area (Å²) < 4.78 is 45.4. The van der Waals surface area contributed by atoms with Crippen molar-refractivity contribution in [2.45, 2.75) is 18.6 Å². The van der Waals surface area contributed by atoms with E-state index in [4.69, 9.17) is 9.84 Å². The van der Waals surface area contributed by atoms with Crippen molar-refractivity contribution in [1.29, 1.82) is 0 Å². The highest BCUT2D eigenvalue weighted by Crippen LogP contribution is 2.41. The van der Waals surface area contributed by atoms with Gasteiger partial charge in [-0.1, -0.05) is 12.1 Å². The summed E-state index contributed by atoms with van der Waals surface area (Å²) in [6.45, 7) is 1.45. The molecule has 9 heteroatoms. The highest BCUT2D eigenvalue weighted by atomic mass is 19.4. The second-order valence-electron chi connectivity index (χ2n) is 6.91. The Morgan fingerprint density at radius 3 is 2.79 bits per heavy atom. The molecule has 6 nitrogen and oxygen atoms in total. The van der Waals surface area contributed by atoms with E-state index in [0.717, 1.165) is 12.1 Å². The van der Waals surface area contributed by atoms with Gasteiger partial charge in [-0.3, -0.25) is 4.79 Å². The number of hydrogen-bond donors (Lipinski definition) is 2. The maximum absolute atomic E-state index is 13.2. The third-order valence-electron chi connectivity index (χ3n) is 4.84. The number of benzene rings is 2. The number of piperazine rings is 1. The molecule has 0 aromatic heterocycles. The number of nitrogens with zero attached hydrogens (tertiary/aromatic N) is 2. The van der Waals surface area contributed by atoms with Crippen LogP contribution < -0.4 is 10.1 Å². The number of hydrogen-bond acceptors (Lipinski definition) is 5. The van der Waals surface area contributed by atoms with Crippen LogP contribution in [0.4, 0.5) is 18.9 Å². The first-order chi connectivity index (χ1) is 13.8. The fourth-order valence-corrected chi connectivity index (χ4v) is 3.51. The molecule has 1 fully saturated rings. The lowest BCUT2D eigenvalue weighted by molar-refractivity contribution is -0.138. The van der Waals surface area contributed by atoms with Gasteiger partial charge in [-0.15, -0.1) is 0 Å². The lowest BCUT2D eigenvalue weighted by atomic mass is 10.1. The van der Waals surface area contributed by atoms with E-state index in [1.165, 1.54) is 6.07 Å². The van der Waals surface area contributed by atoms with Crippen molar-refractivity contribution in [3.63, 3.8) is 0 Å². The SMILES string of the molecule is O=C(O)CC1CN(C2=Nc3cc(C(F)(F)F)ccc3Oc3ccccc32)CCN1. The average molecular weight is 405 g/mol. The Balaban J connectivity index is 1.78. The van der Waals surface area contributed by atoms with E-state index >= 15 is 0 Å². The molecule has 0 aliphatic carbocycles. The lowest BCUT2D eigenvalue weighted by Gasteiger charge is -2.35. The molecule has 0 saturated carbocycles. The standard InChI is InChI=1S/C20H18F3N3O3/c21-20(22,23)12-5-6-17-15(9-12)25-19(14-3-1-2-4-16(14)29-17)26-8-7-24-13(11-26)10-18(27)28/h1-6,9,13,24H,7-8,10-11H2,(H,27,28). The number of rotatable bonds is 2. The van der Waals surface area contributed by atoms with Gasteiger partial charge in [-0.05, 0) is 30.3 Å². The third kappa shape index (κ3) is 4.04. The zero-order valence-corrected chi connectivity index (χ0v) is 15.2. The van der Waals surface area contributed by atoms with Crippen LogP contribution in [0.3, 0.4) is 0 Å². The molecule has 4 rings (SSSR count). The number of alkyl halides is 3. The first kappa shape index (κ1) is 19.3. The van der Waals surface area contributed by atoms with Gasteiger partial charge in [0.1, 0.15) is 17.3 Å². The molecule has 2 N–H and O–H groups in total. The number of aliphatic carboxylic acids is 1. The fourth-order valence-electron chi connectivity index (χ4n) is 3.51. The first-order valence-corrected chi connectivity index (χ1v) is 9.08. The van der Waals surface area contributed by atoms with E-state index in [-0.39, 0.29) is 23.9 Å². The molecule has 2 aliphatic heterocycles. The molecule has 29 heavy (non-hydrogen) atoms. The highest BCUT2D eigenvalue weighted by molar-refractivity contribution is 6.03. The Hall–Kier alpha value is -3.07. The molecule has 1 unspecified atom stereocenters. The minimum absolute atomic E-state index is 0.0588. The summed E-state index contributed by atoms with van der Waals surface area (Å²) in [6.07, 6.45) is -4.55. The number of amidine groups is 1. The number of carbonyl (C=O) groups is 1. The summed E-state index contributed by atoms with van der Waals surface area (Å²) in [4.78, 5) is 17.5. The van der Waals surface area contributed by atoms with Crippen LogP contribution in [0.1, 0.15) is 17.5 Å². The summed E-state index contributed by atoms with van der Waals surface area (Å²) in [7, 11) is 0. The van der Waals surface area contributed by atoms with Crippen LogP contribution in [0.5, 0.6) is 11.5 Å². The molecule has 1 atom stereocenters. The smallest absolute Gasteiger partial charge is 0.416 e. The minimum atomic E-state index is -4.49. The Morgan fingerprint density at radius 2 is 2.03 bits per heavy atom. The van der Waals surface area contributed by atoms with Crippen LogP contribution in [0.2, 0.25) is 0 Å². The van der Waals surface area contributed by atoms with Crippen LogP contribution in [0, 0.1) is 0 Å². The van der Waals surface area contributed by atoms with Crippen molar-refractivity contribution in [2.75, 3.05) is 19.6 Å². The summed E-state index contributed by atoms with van der Waals surface area (Å²) in [5.74, 6) is 0.266. The molecule has 2 aromatic carbocycles. The predicted molar refractivity (Wildman–Crippen MR) is 99.8 cm³/mol. The lowest BCUT2D eigenvalue weighted by Crippen LogP contribution is -2.53. The van der Waals surface area contributed by atoms with Gasteiger partial charge in [0, 0.05) is 25.7 Å². The van der Waals surface area contributed by atoms with E-state index in [9.17, 15) is 18.0 Å². The molecule has 0 radical (unpaired) electrons. The Labute approximate surface area is 164 Å². The molecule has 1 saturated heterocycles. The van der Waals surface area contributed by atoms with Crippen LogP contribution in [-0.4, -0.2) is 47.5 Å². The largest absolute Gasteiger partial charge is 0.481 e. The van der Waals surface area contributed by atoms with Gasteiger partial charge in [-0.2, -0.15) is 13.2 Å². The molecule has 0 spiro atoms. The second kappa shape index (κ2) is 7.40. The molecule has 0 amide bonds. The fraction of sp³-hybridized carbons (Fsp3) is 0.300. The van der Waals surface area contributed by atoms with Crippen molar-refractivity contribution in [3.8, 4) is 11.5 Å². The van der Waals surface area contributed by atoms with Crippen molar-refractivity contribution in [3.05, 3.63) is 53.6 Å². The van der Waals surface area contributed by atoms with Crippen LogP contribution in [-0.2, 0) is 11.0 Å². The van der Waals surface area contributed by atoms with Crippen LogP contribution in [0.25, 0.3) is 0 Å². The zero-order chi connectivity index (χ0) is 20.6. The molecule has 2 aliphatic rings. The summed E-state index contributed by atoms with van der Waals surface area (Å²) in [5.41, 5.74) is -0.0782. The van der Waals surface area contributed by atoms with E-state index in [2.05, 4.69) is 10.3 Å². The predicted octanol–water partition coefficient (Wildman–Crippen LogP) is 3.64. The van der Waals surface area contributed by atoms with Gasteiger partial charge >= 0.3 is 12.1 Å². The first-order valence-electron chi connectivity index (χ1n) is 9.08. The number of ether oxygens (including phenoxy) is 1. The maximum atomic E-state index is 13.2. The van der Waals surface area contributed by atoms with Crippen LogP contribution >= 0.6 is 0 Å². The monoisotopic (exact) mass is 405 g/mol. The van der Waals surface area contributed by atoms with Gasteiger partial charge in [0.2, 0.25) is 0 Å². The average Bonchev–Trinajstić information content (AvgIpc) is 2.83. The number of carboxylic acids is 1. The van der Waals surface area contributed by atoms with Crippen molar-refractivity contribution < 1.29 is 27.8 Å². The number of para-hydroxylation sites is 1. The van der Waals surface area contributed by atoms with Gasteiger partial charge in [0.25, 0.3) is 0 Å². The van der Waals surface area contributed by atoms with Crippen LogP contribution in [0.15, 0.2) is 47.5 Å². The minimum Gasteiger partial charge on any atom is -0.481 e. The normalized spacial score (nSPS) is 18.8. The van der Waals surface area contributed by atoms with Gasteiger partial charge < -0.3 is 20.1 Å². The van der Waals surface area contributed by atoms with Gasteiger partial charge in [0.05, 0.1) is 17.5 Å². The van der Waals surface area contributed by atoms with E-state index in [1.807, 2.05) is 4.90 Å². The molecule has 2 aromatic rings. The number of aliphatic imine (C=N–C) groups is 1. The third-order valence-corrected chi connectivity index (χ3v) is 4.84. The zero-order valence-electron chi connectivity index (χ0n) is 15.2. The van der Waals surface area contributed by atoms with Crippen molar-refractivity contribution >= 4 is 17.5 Å². The quantitative estimate of drug-likeness (QED) is 0.798. The number of carboxylic acid groups (broad SMARTS) is 1. The Kier molecular flexibility index (Phi) is 4.91. The summed E-state index contributed by atoms with van der Waals surface area (Å²) in [5, 5.41) is 12.2. The van der Waals surface area contributed by atoms with Crippen molar-refractivity contribution in [2.24, 2.45) is 4.99 Å². The Morgan fingerprint density at radius 1 is 1.24 bits per heavy atom. The van der Waals surface area contributed by atoms with Gasteiger partial charge in [-0.25, -0.2) is 4.99 Å². The second-order valence-corrected chi connectivity index (χ2v) is 6.91. The number of fused-ring (bicyclic) bond motifs is 2. The molecule has 152 valence electrons. The highest BCUT2D eigenvalue weighted by Gasteiger charge is 2.33. The number of halogens is 3. The number of nitrogens with one attached hydrogen (secondary N) is 1. The molecular formula is C20H18F3N3O3. The van der Waals surface area contributed by atoms with E-state index in [1.54, 1.807) is 24.3 Å². The Bertz CT molecular complexity index is 975. The van der Waals surface area contributed by atoms with E-state index in [0.29, 0.717) is 36.8 Å². The van der Waals surface area contributed by atoms with Gasteiger partial charge in [0.15, 0.2) is 5.75 Å².